The highest BCUT2D eigenvalue weighted by molar-refractivity contribution is 5.42. The number of benzene rings is 1. The summed E-state index contributed by atoms with van der Waals surface area (Å²) in [5, 5.41) is 3.28. The molecule has 1 saturated heterocycles. The van der Waals surface area contributed by atoms with Gasteiger partial charge in [-0.3, -0.25) is 4.90 Å². The van der Waals surface area contributed by atoms with Crippen molar-refractivity contribution in [2.45, 2.75) is 32.7 Å². The summed E-state index contributed by atoms with van der Waals surface area (Å²) in [6.07, 6.45) is 2.59. The molecule has 2 atom stereocenters. The fourth-order valence-electron chi connectivity index (χ4n) is 2.73. The molecule has 1 aromatic rings. The van der Waals surface area contributed by atoms with Crippen LogP contribution in [0.1, 0.15) is 26.7 Å². The highest BCUT2D eigenvalue weighted by Crippen LogP contribution is 2.21. The second-order valence-electron chi connectivity index (χ2n) is 5.45. The van der Waals surface area contributed by atoms with Crippen LogP contribution in [0.15, 0.2) is 24.3 Å². The topological polar surface area (TPSA) is 15.3 Å². The van der Waals surface area contributed by atoms with Crippen LogP contribution < -0.4 is 5.32 Å². The summed E-state index contributed by atoms with van der Waals surface area (Å²) >= 11 is 0. The Hall–Kier alpha value is -1.09. The highest BCUT2D eigenvalue weighted by atomic mass is 19.1. The van der Waals surface area contributed by atoms with Crippen LogP contribution in [0.5, 0.6) is 0 Å². The van der Waals surface area contributed by atoms with Crippen LogP contribution in [-0.2, 0) is 0 Å². The lowest BCUT2D eigenvalue weighted by Crippen LogP contribution is -2.42. The Bertz CT molecular complexity index is 381. The fraction of sp³-hybridized carbons (Fsp3) is 0.600. The minimum atomic E-state index is -0.180. The first-order valence-electron chi connectivity index (χ1n) is 6.88. The summed E-state index contributed by atoms with van der Waals surface area (Å²) in [5.41, 5.74) is 0.869. The third kappa shape index (κ3) is 3.70. The molecular formula is C15H23FN2. The van der Waals surface area contributed by atoms with E-state index in [0.29, 0.717) is 6.04 Å². The molecule has 0 spiro atoms. The van der Waals surface area contributed by atoms with Crippen LogP contribution in [0.25, 0.3) is 0 Å². The van der Waals surface area contributed by atoms with Gasteiger partial charge in [0.25, 0.3) is 0 Å². The van der Waals surface area contributed by atoms with Crippen LogP contribution in [0.3, 0.4) is 0 Å². The molecule has 2 unspecified atom stereocenters. The Labute approximate surface area is 109 Å². The van der Waals surface area contributed by atoms with Gasteiger partial charge in [0, 0.05) is 24.8 Å². The number of likely N-dealkylation sites (tertiary alicyclic amines) is 1. The second-order valence-corrected chi connectivity index (χ2v) is 5.45. The van der Waals surface area contributed by atoms with Crippen molar-refractivity contribution in [3.63, 3.8) is 0 Å². The summed E-state index contributed by atoms with van der Waals surface area (Å²) in [7, 11) is 0. The summed E-state index contributed by atoms with van der Waals surface area (Å²) in [4.78, 5) is 2.52. The molecule has 0 aromatic heterocycles. The van der Waals surface area contributed by atoms with Gasteiger partial charge in [-0.15, -0.1) is 0 Å². The lowest BCUT2D eigenvalue weighted by molar-refractivity contribution is 0.135. The Morgan fingerprint density at radius 3 is 2.94 bits per heavy atom. The zero-order valence-electron chi connectivity index (χ0n) is 11.3. The lowest BCUT2D eigenvalue weighted by atomic mass is 9.93. The van der Waals surface area contributed by atoms with Gasteiger partial charge >= 0.3 is 0 Å². The van der Waals surface area contributed by atoms with E-state index in [0.717, 1.165) is 24.7 Å². The van der Waals surface area contributed by atoms with Crippen molar-refractivity contribution < 1.29 is 4.39 Å². The predicted molar refractivity (Wildman–Crippen MR) is 74.3 cm³/mol. The molecule has 1 fully saturated rings. The van der Waals surface area contributed by atoms with E-state index >= 15 is 0 Å². The quantitative estimate of drug-likeness (QED) is 0.881. The van der Waals surface area contributed by atoms with Crippen LogP contribution >= 0.6 is 0 Å². The first kappa shape index (κ1) is 13.3. The van der Waals surface area contributed by atoms with Crippen LogP contribution in [0, 0.1) is 11.7 Å². The first-order chi connectivity index (χ1) is 8.65. The van der Waals surface area contributed by atoms with Crippen molar-refractivity contribution in [2.75, 3.05) is 25.0 Å². The monoisotopic (exact) mass is 250 g/mol. The number of piperidine rings is 1. The third-order valence-electron chi connectivity index (χ3n) is 3.83. The van der Waals surface area contributed by atoms with E-state index < -0.39 is 0 Å². The van der Waals surface area contributed by atoms with Crippen molar-refractivity contribution in [2.24, 2.45) is 5.92 Å². The van der Waals surface area contributed by atoms with Crippen LogP contribution in [-0.4, -0.2) is 30.6 Å². The molecule has 1 N–H and O–H groups in total. The molecule has 18 heavy (non-hydrogen) atoms. The SMILES string of the molecule is CC1CCN(CCNc2cccc(F)c2)C(C)C1. The van der Waals surface area contributed by atoms with E-state index in [4.69, 9.17) is 0 Å². The largest absolute Gasteiger partial charge is 0.384 e. The second kappa shape index (κ2) is 6.19. The molecule has 100 valence electrons. The Morgan fingerprint density at radius 1 is 1.39 bits per heavy atom. The van der Waals surface area contributed by atoms with E-state index in [-0.39, 0.29) is 5.82 Å². The average Bonchev–Trinajstić information content (AvgIpc) is 2.32. The molecule has 0 bridgehead atoms. The van der Waals surface area contributed by atoms with Gasteiger partial charge in [0.2, 0.25) is 0 Å². The molecule has 0 aliphatic carbocycles. The molecule has 0 saturated carbocycles. The van der Waals surface area contributed by atoms with Crippen molar-refractivity contribution in [3.8, 4) is 0 Å². The van der Waals surface area contributed by atoms with Crippen molar-refractivity contribution in [3.05, 3.63) is 30.1 Å². The van der Waals surface area contributed by atoms with Crippen molar-refractivity contribution >= 4 is 5.69 Å². The molecule has 0 radical (unpaired) electrons. The van der Waals surface area contributed by atoms with Gasteiger partial charge in [-0.25, -0.2) is 4.39 Å². The smallest absolute Gasteiger partial charge is 0.125 e. The minimum Gasteiger partial charge on any atom is -0.384 e. The van der Waals surface area contributed by atoms with Gasteiger partial charge < -0.3 is 5.32 Å². The Morgan fingerprint density at radius 2 is 2.22 bits per heavy atom. The summed E-state index contributed by atoms with van der Waals surface area (Å²) in [6.45, 7) is 7.73. The van der Waals surface area contributed by atoms with Crippen molar-refractivity contribution in [1.29, 1.82) is 0 Å². The Kier molecular flexibility index (Phi) is 4.59. The van der Waals surface area contributed by atoms with Gasteiger partial charge in [-0.2, -0.15) is 0 Å². The fourth-order valence-corrected chi connectivity index (χ4v) is 2.73. The van der Waals surface area contributed by atoms with Gasteiger partial charge in [-0.1, -0.05) is 13.0 Å². The molecule has 2 rings (SSSR count). The lowest BCUT2D eigenvalue weighted by Gasteiger charge is -2.36. The van der Waals surface area contributed by atoms with E-state index in [9.17, 15) is 4.39 Å². The number of halogens is 1. The van der Waals surface area contributed by atoms with Crippen LogP contribution in [0.4, 0.5) is 10.1 Å². The standard InChI is InChI=1S/C15H23FN2/c1-12-6-8-18(13(2)10-12)9-7-17-15-5-3-4-14(16)11-15/h3-5,11-13,17H,6-10H2,1-2H3. The maximum Gasteiger partial charge on any atom is 0.125 e. The zero-order chi connectivity index (χ0) is 13.0. The number of hydrogen-bond donors (Lipinski definition) is 1. The average molecular weight is 250 g/mol. The molecule has 1 heterocycles. The van der Waals surface area contributed by atoms with E-state index in [1.807, 2.05) is 6.07 Å². The number of hydrogen-bond acceptors (Lipinski definition) is 2. The highest BCUT2D eigenvalue weighted by Gasteiger charge is 2.21. The number of anilines is 1. The van der Waals surface area contributed by atoms with Gasteiger partial charge in [0.05, 0.1) is 0 Å². The minimum absolute atomic E-state index is 0.180. The maximum atomic E-state index is 13.0. The molecule has 1 aliphatic heterocycles. The van der Waals surface area contributed by atoms with Gasteiger partial charge in [0.1, 0.15) is 5.82 Å². The summed E-state index contributed by atoms with van der Waals surface area (Å²) in [5.74, 6) is 0.674. The molecule has 2 nitrogen and oxygen atoms in total. The predicted octanol–water partition coefficient (Wildman–Crippen LogP) is 3.36. The Balaban J connectivity index is 1.75. The molecule has 1 aromatic carbocycles. The summed E-state index contributed by atoms with van der Waals surface area (Å²) < 4.78 is 13.0. The number of nitrogens with one attached hydrogen (secondary N) is 1. The van der Waals surface area contributed by atoms with E-state index in [2.05, 4.69) is 24.1 Å². The zero-order valence-corrected chi connectivity index (χ0v) is 11.3. The van der Waals surface area contributed by atoms with Gasteiger partial charge in [-0.05, 0) is 50.4 Å². The van der Waals surface area contributed by atoms with E-state index in [1.165, 1.54) is 25.5 Å². The normalized spacial score (nSPS) is 25.1. The van der Waals surface area contributed by atoms with E-state index in [1.54, 1.807) is 12.1 Å². The van der Waals surface area contributed by atoms with Crippen molar-refractivity contribution in [1.82, 2.24) is 4.90 Å². The molecular weight excluding hydrogens is 227 g/mol. The number of nitrogens with zero attached hydrogens (tertiary/aromatic N) is 1. The third-order valence-corrected chi connectivity index (χ3v) is 3.83. The molecule has 1 aliphatic rings. The van der Waals surface area contributed by atoms with Gasteiger partial charge in [0.15, 0.2) is 0 Å². The maximum absolute atomic E-state index is 13.0. The molecule has 3 heteroatoms. The first-order valence-corrected chi connectivity index (χ1v) is 6.88. The van der Waals surface area contributed by atoms with Crippen LogP contribution in [0.2, 0.25) is 0 Å². The molecule has 0 amide bonds. The number of rotatable bonds is 4. The summed E-state index contributed by atoms with van der Waals surface area (Å²) in [6, 6.07) is 7.33.